The third-order valence-electron chi connectivity index (χ3n) is 3.57. The number of carbonyl (C=O) groups is 2. The Kier molecular flexibility index (Phi) is 5.73. The van der Waals surface area contributed by atoms with Gasteiger partial charge in [0, 0.05) is 18.3 Å². The van der Waals surface area contributed by atoms with Crippen molar-refractivity contribution in [3.63, 3.8) is 0 Å². The Bertz CT molecular complexity index is 621. The van der Waals surface area contributed by atoms with Crippen molar-refractivity contribution in [2.75, 3.05) is 5.32 Å². The molecule has 1 fully saturated rings. The first kappa shape index (κ1) is 15.8. The largest absolute Gasteiger partial charge is 0.351 e. The van der Waals surface area contributed by atoms with Crippen molar-refractivity contribution >= 4 is 17.5 Å². The van der Waals surface area contributed by atoms with Crippen LogP contribution in [0.4, 0.5) is 5.69 Å². The van der Waals surface area contributed by atoms with Gasteiger partial charge in [0.1, 0.15) is 6.42 Å². The van der Waals surface area contributed by atoms with E-state index in [2.05, 4.69) is 10.6 Å². The Labute approximate surface area is 130 Å². The zero-order valence-corrected chi connectivity index (χ0v) is 12.4. The van der Waals surface area contributed by atoms with E-state index in [1.54, 1.807) is 18.2 Å². The second kappa shape index (κ2) is 7.99. The predicted octanol–water partition coefficient (Wildman–Crippen LogP) is 2.66. The average molecular weight is 297 g/mol. The number of anilines is 1. The zero-order chi connectivity index (χ0) is 15.8. The van der Waals surface area contributed by atoms with Gasteiger partial charge >= 0.3 is 0 Å². The van der Waals surface area contributed by atoms with Gasteiger partial charge in [0.05, 0.1) is 6.07 Å². The van der Waals surface area contributed by atoms with Crippen LogP contribution in [0.1, 0.15) is 37.7 Å². The highest BCUT2D eigenvalue weighted by atomic mass is 16.2. The standard InChI is InChI=1S/C17H19N3O2/c18-10-9-16(21)19-12-14-7-3-4-8-15(14)20-17(22)11-13-5-1-2-6-13/h3-4,7-8,11H,1-2,5-6,9,12H2,(H,19,21)(H,20,22). The van der Waals surface area contributed by atoms with Gasteiger partial charge in [0.15, 0.2) is 0 Å². The Balaban J connectivity index is 1.98. The molecule has 1 aliphatic carbocycles. The molecule has 0 radical (unpaired) electrons. The number of hydrogen-bond acceptors (Lipinski definition) is 3. The van der Waals surface area contributed by atoms with E-state index in [0.29, 0.717) is 5.69 Å². The summed E-state index contributed by atoms with van der Waals surface area (Å²) in [6, 6.07) is 9.12. The van der Waals surface area contributed by atoms with Gasteiger partial charge in [-0.15, -0.1) is 0 Å². The molecule has 0 atom stereocenters. The topological polar surface area (TPSA) is 82.0 Å². The van der Waals surface area contributed by atoms with E-state index in [4.69, 9.17) is 5.26 Å². The number of rotatable bonds is 5. The molecule has 2 rings (SSSR count). The Morgan fingerprint density at radius 3 is 2.68 bits per heavy atom. The fourth-order valence-corrected chi connectivity index (χ4v) is 2.45. The molecule has 2 N–H and O–H groups in total. The molecule has 0 aliphatic heterocycles. The lowest BCUT2D eigenvalue weighted by Crippen LogP contribution is -2.23. The average Bonchev–Trinajstić information content (AvgIpc) is 2.99. The Hall–Kier alpha value is -2.61. The molecule has 5 nitrogen and oxygen atoms in total. The minimum absolute atomic E-state index is 0.132. The first-order valence-electron chi connectivity index (χ1n) is 7.41. The lowest BCUT2D eigenvalue weighted by molar-refractivity contribution is -0.120. The van der Waals surface area contributed by atoms with Crippen LogP contribution in [0.5, 0.6) is 0 Å². The van der Waals surface area contributed by atoms with Crippen LogP contribution in [-0.2, 0) is 16.1 Å². The maximum atomic E-state index is 12.0. The summed E-state index contributed by atoms with van der Waals surface area (Å²) in [4.78, 5) is 23.4. The maximum absolute atomic E-state index is 12.0. The number of benzene rings is 1. The molecule has 2 amide bonds. The van der Waals surface area contributed by atoms with E-state index < -0.39 is 0 Å². The van der Waals surface area contributed by atoms with Crippen molar-refractivity contribution in [3.8, 4) is 6.07 Å². The molecule has 0 saturated heterocycles. The van der Waals surface area contributed by atoms with Gasteiger partial charge in [-0.05, 0) is 37.3 Å². The van der Waals surface area contributed by atoms with Gasteiger partial charge in [0.25, 0.3) is 0 Å². The Morgan fingerprint density at radius 2 is 1.95 bits per heavy atom. The number of nitrogens with zero attached hydrogens (tertiary/aromatic N) is 1. The molecule has 1 aromatic carbocycles. The minimum atomic E-state index is -0.322. The predicted molar refractivity (Wildman–Crippen MR) is 83.7 cm³/mol. The molecule has 1 saturated carbocycles. The summed E-state index contributed by atoms with van der Waals surface area (Å²) >= 11 is 0. The van der Waals surface area contributed by atoms with Crippen LogP contribution in [0.25, 0.3) is 0 Å². The highest BCUT2D eigenvalue weighted by molar-refractivity contribution is 6.00. The highest BCUT2D eigenvalue weighted by Crippen LogP contribution is 2.23. The molecule has 0 unspecified atom stereocenters. The van der Waals surface area contributed by atoms with Crippen LogP contribution in [0.15, 0.2) is 35.9 Å². The molecule has 0 spiro atoms. The number of allylic oxidation sites excluding steroid dienone is 1. The molecular formula is C17H19N3O2. The summed E-state index contributed by atoms with van der Waals surface area (Å²) in [5, 5.41) is 14.0. The Morgan fingerprint density at radius 1 is 1.23 bits per heavy atom. The monoisotopic (exact) mass is 297 g/mol. The number of nitrogens with one attached hydrogen (secondary N) is 2. The molecule has 0 heterocycles. The summed E-state index contributed by atoms with van der Waals surface area (Å²) in [5.41, 5.74) is 2.68. The molecule has 22 heavy (non-hydrogen) atoms. The SMILES string of the molecule is N#CCC(=O)NCc1ccccc1NC(=O)C=C1CCCC1. The van der Waals surface area contributed by atoms with Crippen molar-refractivity contribution in [3.05, 3.63) is 41.5 Å². The smallest absolute Gasteiger partial charge is 0.248 e. The quantitative estimate of drug-likeness (QED) is 0.820. The third-order valence-corrected chi connectivity index (χ3v) is 3.57. The molecule has 1 aromatic rings. The fraction of sp³-hybridized carbons (Fsp3) is 0.353. The van der Waals surface area contributed by atoms with E-state index in [0.717, 1.165) is 31.2 Å². The molecule has 5 heteroatoms. The molecule has 0 bridgehead atoms. The third kappa shape index (κ3) is 4.74. The van der Waals surface area contributed by atoms with Crippen molar-refractivity contribution in [1.82, 2.24) is 5.32 Å². The lowest BCUT2D eigenvalue weighted by Gasteiger charge is -2.10. The summed E-state index contributed by atoms with van der Waals surface area (Å²) < 4.78 is 0. The molecule has 114 valence electrons. The van der Waals surface area contributed by atoms with E-state index in [9.17, 15) is 9.59 Å². The fourth-order valence-electron chi connectivity index (χ4n) is 2.45. The summed E-state index contributed by atoms with van der Waals surface area (Å²) in [5.74, 6) is -0.454. The van der Waals surface area contributed by atoms with Crippen molar-refractivity contribution < 1.29 is 9.59 Å². The van der Waals surface area contributed by atoms with Crippen LogP contribution in [0.3, 0.4) is 0 Å². The zero-order valence-electron chi connectivity index (χ0n) is 12.4. The van der Waals surface area contributed by atoms with Crippen molar-refractivity contribution in [2.45, 2.75) is 38.6 Å². The first-order chi connectivity index (χ1) is 10.7. The summed E-state index contributed by atoms with van der Waals surface area (Å²) in [7, 11) is 0. The number of hydrogen-bond donors (Lipinski definition) is 2. The van der Waals surface area contributed by atoms with E-state index in [1.807, 2.05) is 18.2 Å². The highest BCUT2D eigenvalue weighted by Gasteiger charge is 2.10. The van der Waals surface area contributed by atoms with Gasteiger partial charge in [-0.2, -0.15) is 5.26 Å². The van der Waals surface area contributed by atoms with E-state index in [1.165, 1.54) is 5.57 Å². The van der Waals surface area contributed by atoms with Crippen LogP contribution in [-0.4, -0.2) is 11.8 Å². The van der Waals surface area contributed by atoms with Crippen LogP contribution in [0.2, 0.25) is 0 Å². The normalized spacial score (nSPS) is 13.3. The van der Waals surface area contributed by atoms with Gasteiger partial charge in [-0.1, -0.05) is 23.8 Å². The number of amides is 2. The second-order valence-electron chi connectivity index (χ2n) is 5.27. The van der Waals surface area contributed by atoms with Gasteiger partial charge < -0.3 is 10.6 Å². The van der Waals surface area contributed by atoms with Gasteiger partial charge in [0.2, 0.25) is 11.8 Å². The number of carbonyl (C=O) groups excluding carboxylic acids is 2. The van der Waals surface area contributed by atoms with Gasteiger partial charge in [-0.25, -0.2) is 0 Å². The molecular weight excluding hydrogens is 278 g/mol. The number of para-hydroxylation sites is 1. The lowest BCUT2D eigenvalue weighted by atomic mass is 10.1. The van der Waals surface area contributed by atoms with Crippen LogP contribution >= 0.6 is 0 Å². The summed E-state index contributed by atoms with van der Waals surface area (Å²) in [6.07, 6.45) is 5.82. The van der Waals surface area contributed by atoms with E-state index in [-0.39, 0.29) is 24.8 Å². The molecule has 0 aromatic heterocycles. The molecule has 1 aliphatic rings. The van der Waals surface area contributed by atoms with E-state index >= 15 is 0 Å². The first-order valence-corrected chi connectivity index (χ1v) is 7.41. The minimum Gasteiger partial charge on any atom is -0.351 e. The number of nitriles is 1. The van der Waals surface area contributed by atoms with Crippen molar-refractivity contribution in [1.29, 1.82) is 5.26 Å². The van der Waals surface area contributed by atoms with Gasteiger partial charge in [-0.3, -0.25) is 9.59 Å². The second-order valence-corrected chi connectivity index (χ2v) is 5.27. The maximum Gasteiger partial charge on any atom is 0.248 e. The van der Waals surface area contributed by atoms with Crippen LogP contribution < -0.4 is 10.6 Å². The van der Waals surface area contributed by atoms with Crippen molar-refractivity contribution in [2.24, 2.45) is 0 Å². The summed E-state index contributed by atoms with van der Waals surface area (Å²) in [6.45, 7) is 0.285. The van der Waals surface area contributed by atoms with Crippen LogP contribution in [0, 0.1) is 11.3 Å².